The fourth-order valence-electron chi connectivity index (χ4n) is 4.41. The molecule has 5 heteroatoms. The van der Waals surface area contributed by atoms with Gasteiger partial charge in [0.25, 0.3) is 0 Å². The molecule has 114 valence electrons. The van der Waals surface area contributed by atoms with E-state index in [2.05, 4.69) is 0 Å². The van der Waals surface area contributed by atoms with E-state index < -0.39 is 11.6 Å². The predicted octanol–water partition coefficient (Wildman–Crippen LogP) is 0.502. The molecule has 3 aliphatic rings. The average Bonchev–Trinajstić information content (AvgIpc) is 2.45. The van der Waals surface area contributed by atoms with Crippen molar-refractivity contribution in [2.45, 2.75) is 57.3 Å². The summed E-state index contributed by atoms with van der Waals surface area (Å²) in [7, 11) is 0. The van der Waals surface area contributed by atoms with Gasteiger partial charge in [-0.05, 0) is 25.7 Å². The Morgan fingerprint density at radius 3 is 2.80 bits per heavy atom. The standard InChI is InChI=1S/C15H26N2O3/c1-14(2)12-11(6-4-8-20-12)15(14,16)13(19)17-7-3-5-10(18)9-17/h10-12,18H,3-9,16H2,1-2H3. The Balaban J connectivity index is 1.82. The summed E-state index contributed by atoms with van der Waals surface area (Å²) < 4.78 is 5.85. The van der Waals surface area contributed by atoms with Crippen LogP contribution in [-0.4, -0.2) is 53.4 Å². The van der Waals surface area contributed by atoms with Gasteiger partial charge in [-0.15, -0.1) is 0 Å². The van der Waals surface area contributed by atoms with Gasteiger partial charge in [0, 0.05) is 31.0 Å². The quantitative estimate of drug-likeness (QED) is 0.734. The summed E-state index contributed by atoms with van der Waals surface area (Å²) in [5, 5.41) is 9.79. The molecule has 4 unspecified atom stereocenters. The Bertz CT molecular complexity index is 412. The Morgan fingerprint density at radius 1 is 1.35 bits per heavy atom. The van der Waals surface area contributed by atoms with Gasteiger partial charge in [-0.1, -0.05) is 13.8 Å². The fourth-order valence-corrected chi connectivity index (χ4v) is 4.41. The lowest BCUT2D eigenvalue weighted by molar-refractivity contribution is -0.231. The van der Waals surface area contributed by atoms with Crippen molar-refractivity contribution < 1.29 is 14.6 Å². The number of carbonyl (C=O) groups is 1. The van der Waals surface area contributed by atoms with Gasteiger partial charge in [0.2, 0.25) is 5.91 Å². The van der Waals surface area contributed by atoms with Crippen LogP contribution < -0.4 is 5.73 Å². The number of carbonyl (C=O) groups excluding carboxylic acids is 1. The molecule has 1 aliphatic carbocycles. The summed E-state index contributed by atoms with van der Waals surface area (Å²) in [6, 6.07) is 0. The molecular formula is C15H26N2O3. The number of amides is 1. The maximum atomic E-state index is 13.0. The number of piperidine rings is 1. The van der Waals surface area contributed by atoms with Crippen molar-refractivity contribution in [2.75, 3.05) is 19.7 Å². The molecule has 2 aliphatic heterocycles. The second kappa shape index (κ2) is 4.68. The number of rotatable bonds is 1. The summed E-state index contributed by atoms with van der Waals surface area (Å²) in [6.45, 7) is 5.99. The minimum atomic E-state index is -0.838. The van der Waals surface area contributed by atoms with Crippen LogP contribution in [0.2, 0.25) is 0 Å². The lowest BCUT2D eigenvalue weighted by atomic mass is 9.46. The van der Waals surface area contributed by atoms with E-state index >= 15 is 0 Å². The third-order valence-electron chi connectivity index (χ3n) is 5.72. The van der Waals surface area contributed by atoms with E-state index in [0.29, 0.717) is 13.1 Å². The monoisotopic (exact) mass is 282 g/mol. The van der Waals surface area contributed by atoms with Crippen molar-refractivity contribution in [2.24, 2.45) is 17.1 Å². The van der Waals surface area contributed by atoms with Gasteiger partial charge in [0.05, 0.1) is 12.2 Å². The molecule has 3 rings (SSSR count). The van der Waals surface area contributed by atoms with Crippen molar-refractivity contribution in [3.8, 4) is 0 Å². The largest absolute Gasteiger partial charge is 0.391 e. The lowest BCUT2D eigenvalue weighted by Gasteiger charge is -2.66. The normalized spacial score (nSPS) is 43.6. The van der Waals surface area contributed by atoms with Crippen LogP contribution in [0.25, 0.3) is 0 Å². The highest BCUT2D eigenvalue weighted by molar-refractivity contribution is 5.89. The van der Waals surface area contributed by atoms with Crippen LogP contribution in [0, 0.1) is 11.3 Å². The molecule has 2 heterocycles. The topological polar surface area (TPSA) is 75.8 Å². The van der Waals surface area contributed by atoms with Gasteiger partial charge >= 0.3 is 0 Å². The van der Waals surface area contributed by atoms with Crippen LogP contribution in [0.5, 0.6) is 0 Å². The van der Waals surface area contributed by atoms with Crippen LogP contribution >= 0.6 is 0 Å². The van der Waals surface area contributed by atoms with E-state index in [0.717, 1.165) is 32.3 Å². The maximum Gasteiger partial charge on any atom is 0.243 e. The molecule has 1 amide bonds. The first-order chi connectivity index (χ1) is 9.39. The van der Waals surface area contributed by atoms with Crippen molar-refractivity contribution in [3.05, 3.63) is 0 Å². The molecular weight excluding hydrogens is 256 g/mol. The molecule has 0 radical (unpaired) electrons. The minimum absolute atomic E-state index is 0.00741. The van der Waals surface area contributed by atoms with E-state index in [1.165, 1.54) is 0 Å². The Morgan fingerprint density at radius 2 is 2.10 bits per heavy atom. The molecule has 20 heavy (non-hydrogen) atoms. The summed E-state index contributed by atoms with van der Waals surface area (Å²) in [5.74, 6) is 0.130. The zero-order chi connectivity index (χ0) is 14.5. The highest BCUT2D eigenvalue weighted by Gasteiger charge is 2.70. The summed E-state index contributed by atoms with van der Waals surface area (Å²) in [4.78, 5) is 14.7. The molecule has 2 saturated heterocycles. The number of aliphatic hydroxyl groups excluding tert-OH is 1. The van der Waals surface area contributed by atoms with Crippen LogP contribution in [0.3, 0.4) is 0 Å². The van der Waals surface area contributed by atoms with Gasteiger partial charge < -0.3 is 20.5 Å². The zero-order valence-electron chi connectivity index (χ0n) is 12.5. The Kier molecular flexibility index (Phi) is 3.35. The van der Waals surface area contributed by atoms with E-state index in [1.54, 1.807) is 4.90 Å². The number of β-amino-alcohol motifs (C(OH)–C–C–N with tert-alkyl or cyclic N) is 1. The van der Waals surface area contributed by atoms with Crippen molar-refractivity contribution in [1.29, 1.82) is 0 Å². The zero-order valence-corrected chi connectivity index (χ0v) is 12.5. The highest BCUT2D eigenvalue weighted by Crippen LogP contribution is 2.58. The average molecular weight is 282 g/mol. The molecule has 3 fully saturated rings. The molecule has 1 saturated carbocycles. The first-order valence-corrected chi connectivity index (χ1v) is 7.77. The van der Waals surface area contributed by atoms with Crippen molar-refractivity contribution in [1.82, 2.24) is 4.90 Å². The number of hydrogen-bond donors (Lipinski definition) is 2. The molecule has 0 bridgehead atoms. The van der Waals surface area contributed by atoms with Gasteiger partial charge in [-0.2, -0.15) is 0 Å². The van der Waals surface area contributed by atoms with E-state index in [9.17, 15) is 9.90 Å². The molecule has 0 spiro atoms. The smallest absolute Gasteiger partial charge is 0.243 e. The fraction of sp³-hybridized carbons (Fsp3) is 0.933. The lowest BCUT2D eigenvalue weighted by Crippen LogP contribution is -2.82. The van der Waals surface area contributed by atoms with E-state index in [-0.39, 0.29) is 23.3 Å². The number of fused-ring (bicyclic) bond motifs is 1. The van der Waals surface area contributed by atoms with E-state index in [1.807, 2.05) is 13.8 Å². The Labute approximate surface area is 120 Å². The third kappa shape index (κ3) is 1.76. The molecule has 5 nitrogen and oxygen atoms in total. The van der Waals surface area contributed by atoms with Crippen LogP contribution in [-0.2, 0) is 9.53 Å². The molecule has 0 aromatic heterocycles. The summed E-state index contributed by atoms with van der Waals surface area (Å²) in [6.07, 6.45) is 3.27. The minimum Gasteiger partial charge on any atom is -0.391 e. The van der Waals surface area contributed by atoms with Crippen LogP contribution in [0.1, 0.15) is 39.5 Å². The second-order valence-corrected chi connectivity index (χ2v) is 7.18. The summed E-state index contributed by atoms with van der Waals surface area (Å²) in [5.41, 5.74) is 5.43. The SMILES string of the molecule is CC1(C)C2OCCCC2C1(N)C(=O)N1CCCC(O)C1. The molecule has 4 atom stereocenters. The third-order valence-corrected chi connectivity index (χ3v) is 5.72. The number of nitrogens with two attached hydrogens (primary N) is 1. The molecule has 0 aromatic rings. The number of hydrogen-bond acceptors (Lipinski definition) is 4. The highest BCUT2D eigenvalue weighted by atomic mass is 16.5. The van der Waals surface area contributed by atoms with Gasteiger partial charge in [-0.25, -0.2) is 0 Å². The van der Waals surface area contributed by atoms with E-state index in [4.69, 9.17) is 10.5 Å². The van der Waals surface area contributed by atoms with Gasteiger partial charge in [0.15, 0.2) is 0 Å². The van der Waals surface area contributed by atoms with Crippen molar-refractivity contribution >= 4 is 5.91 Å². The van der Waals surface area contributed by atoms with Crippen LogP contribution in [0.4, 0.5) is 0 Å². The predicted molar refractivity (Wildman–Crippen MR) is 75.0 cm³/mol. The van der Waals surface area contributed by atoms with Crippen LogP contribution in [0.15, 0.2) is 0 Å². The number of nitrogens with zero attached hydrogens (tertiary/aromatic N) is 1. The number of likely N-dealkylation sites (tertiary alicyclic amines) is 1. The first-order valence-electron chi connectivity index (χ1n) is 7.77. The van der Waals surface area contributed by atoms with Gasteiger partial charge in [0.1, 0.15) is 5.54 Å². The summed E-state index contributed by atoms with van der Waals surface area (Å²) >= 11 is 0. The second-order valence-electron chi connectivity index (χ2n) is 7.18. The first kappa shape index (κ1) is 14.3. The maximum absolute atomic E-state index is 13.0. The number of aliphatic hydroxyl groups is 1. The number of ether oxygens (including phenoxy) is 1. The van der Waals surface area contributed by atoms with Gasteiger partial charge in [-0.3, -0.25) is 4.79 Å². The molecule has 0 aromatic carbocycles. The molecule has 3 N–H and O–H groups in total. The van der Waals surface area contributed by atoms with Crippen molar-refractivity contribution in [3.63, 3.8) is 0 Å². The Hall–Kier alpha value is -0.650.